The SMILES string of the molecule is CCOC(=O)c1c(C)oc(NC(=O)CCSc2ccc3ccccc3n2)c1C(=O)OCC. The Morgan fingerprint density at radius 3 is 2.41 bits per heavy atom. The van der Waals surface area contributed by atoms with Gasteiger partial charge in [0.05, 0.1) is 23.8 Å². The number of para-hydroxylation sites is 1. The minimum atomic E-state index is -0.766. The third-order valence-electron chi connectivity index (χ3n) is 4.45. The number of nitrogens with one attached hydrogen (secondary N) is 1. The quantitative estimate of drug-likeness (QED) is 0.367. The third kappa shape index (κ3) is 5.47. The fourth-order valence-electron chi connectivity index (χ4n) is 3.04. The molecule has 0 saturated carbocycles. The Hall–Kier alpha value is -3.33. The predicted molar refractivity (Wildman–Crippen MR) is 121 cm³/mol. The van der Waals surface area contributed by atoms with Crippen LogP contribution in [0.4, 0.5) is 5.88 Å². The van der Waals surface area contributed by atoms with Crippen molar-refractivity contribution >= 4 is 46.4 Å². The first-order chi connectivity index (χ1) is 15.4. The summed E-state index contributed by atoms with van der Waals surface area (Å²) in [7, 11) is 0. The van der Waals surface area contributed by atoms with E-state index in [1.807, 2.05) is 36.4 Å². The van der Waals surface area contributed by atoms with Crippen LogP contribution in [0.3, 0.4) is 0 Å². The number of pyridine rings is 1. The molecule has 3 aromatic rings. The van der Waals surface area contributed by atoms with Crippen molar-refractivity contribution in [3.8, 4) is 0 Å². The van der Waals surface area contributed by atoms with E-state index in [0.717, 1.165) is 15.9 Å². The summed E-state index contributed by atoms with van der Waals surface area (Å²) in [5, 5.41) is 4.43. The van der Waals surface area contributed by atoms with Gasteiger partial charge in [0.2, 0.25) is 11.8 Å². The number of thioether (sulfide) groups is 1. The summed E-state index contributed by atoms with van der Waals surface area (Å²) in [4.78, 5) is 41.8. The normalized spacial score (nSPS) is 10.7. The molecule has 0 fully saturated rings. The molecule has 0 aliphatic heterocycles. The number of fused-ring (bicyclic) bond motifs is 1. The van der Waals surface area contributed by atoms with Gasteiger partial charge < -0.3 is 13.9 Å². The van der Waals surface area contributed by atoms with E-state index in [0.29, 0.717) is 5.75 Å². The van der Waals surface area contributed by atoms with Crippen LogP contribution >= 0.6 is 11.8 Å². The number of hydrogen-bond donors (Lipinski definition) is 1. The molecule has 9 heteroatoms. The highest BCUT2D eigenvalue weighted by molar-refractivity contribution is 7.99. The number of aryl methyl sites for hydroxylation is 1. The number of carbonyl (C=O) groups excluding carboxylic acids is 3. The van der Waals surface area contributed by atoms with Crippen LogP contribution in [-0.2, 0) is 14.3 Å². The molecule has 32 heavy (non-hydrogen) atoms. The molecule has 0 aliphatic rings. The summed E-state index contributed by atoms with van der Waals surface area (Å²) < 4.78 is 15.6. The second-order valence-corrected chi connectivity index (χ2v) is 7.78. The molecule has 0 saturated heterocycles. The van der Waals surface area contributed by atoms with Crippen molar-refractivity contribution in [2.75, 3.05) is 24.3 Å². The lowest BCUT2D eigenvalue weighted by molar-refractivity contribution is -0.115. The zero-order valence-corrected chi connectivity index (χ0v) is 18.9. The second kappa shape index (κ2) is 10.8. The Bertz CT molecular complexity index is 1140. The molecule has 8 nitrogen and oxygen atoms in total. The van der Waals surface area contributed by atoms with Crippen LogP contribution in [0, 0.1) is 6.92 Å². The highest BCUT2D eigenvalue weighted by Crippen LogP contribution is 2.29. The molecule has 168 valence electrons. The third-order valence-corrected chi connectivity index (χ3v) is 5.38. The van der Waals surface area contributed by atoms with Gasteiger partial charge in [0.25, 0.3) is 0 Å². The number of esters is 2. The smallest absolute Gasteiger partial charge is 0.344 e. The summed E-state index contributed by atoms with van der Waals surface area (Å²) >= 11 is 1.44. The van der Waals surface area contributed by atoms with Crippen molar-refractivity contribution in [3.05, 3.63) is 53.3 Å². The summed E-state index contributed by atoms with van der Waals surface area (Å²) in [5.41, 5.74) is 0.703. The maximum Gasteiger partial charge on any atom is 0.344 e. The van der Waals surface area contributed by atoms with Crippen molar-refractivity contribution in [2.24, 2.45) is 0 Å². The van der Waals surface area contributed by atoms with Gasteiger partial charge in [0, 0.05) is 17.6 Å². The van der Waals surface area contributed by atoms with Crippen molar-refractivity contribution in [2.45, 2.75) is 32.2 Å². The molecule has 0 unspecified atom stereocenters. The van der Waals surface area contributed by atoms with Gasteiger partial charge in [-0.1, -0.05) is 24.3 Å². The number of carbonyl (C=O) groups is 3. The van der Waals surface area contributed by atoms with E-state index >= 15 is 0 Å². The van der Waals surface area contributed by atoms with Crippen molar-refractivity contribution < 1.29 is 28.3 Å². The molecule has 0 spiro atoms. The van der Waals surface area contributed by atoms with Gasteiger partial charge in [0.15, 0.2) is 0 Å². The van der Waals surface area contributed by atoms with Crippen LogP contribution in [0.25, 0.3) is 10.9 Å². The maximum absolute atomic E-state index is 12.5. The number of rotatable bonds is 9. The molecule has 2 aromatic heterocycles. The van der Waals surface area contributed by atoms with E-state index in [1.165, 1.54) is 18.7 Å². The van der Waals surface area contributed by atoms with Crippen molar-refractivity contribution in [1.29, 1.82) is 0 Å². The van der Waals surface area contributed by atoms with Gasteiger partial charge in [-0.15, -0.1) is 11.8 Å². The lowest BCUT2D eigenvalue weighted by atomic mass is 10.1. The lowest BCUT2D eigenvalue weighted by Crippen LogP contribution is -2.17. The average Bonchev–Trinajstić information content (AvgIpc) is 3.09. The fourth-order valence-corrected chi connectivity index (χ4v) is 3.87. The molecule has 1 amide bonds. The summed E-state index contributed by atoms with van der Waals surface area (Å²) in [6.45, 7) is 5.06. The maximum atomic E-state index is 12.5. The standard InChI is InChI=1S/C23H24N2O6S/c1-4-29-22(27)19-14(3)31-21(20(19)23(28)30-5-2)25-17(26)12-13-32-18-11-10-15-8-6-7-9-16(15)24-18/h6-11H,4-5,12-13H2,1-3H3,(H,25,26). The summed E-state index contributed by atoms with van der Waals surface area (Å²) in [6, 6.07) is 11.7. The molecule has 0 bridgehead atoms. The van der Waals surface area contributed by atoms with Crippen LogP contribution in [-0.4, -0.2) is 41.8 Å². The van der Waals surface area contributed by atoms with E-state index in [-0.39, 0.29) is 48.3 Å². The fraction of sp³-hybridized carbons (Fsp3) is 0.304. The van der Waals surface area contributed by atoms with E-state index in [9.17, 15) is 14.4 Å². The minimum Gasteiger partial charge on any atom is -0.462 e. The minimum absolute atomic E-state index is 0.0460. The predicted octanol–water partition coefficient (Wildman–Crippen LogP) is 4.61. The van der Waals surface area contributed by atoms with E-state index in [2.05, 4.69) is 10.3 Å². The van der Waals surface area contributed by atoms with Gasteiger partial charge in [-0.2, -0.15) is 0 Å². The number of amides is 1. The molecule has 0 radical (unpaired) electrons. The number of hydrogen-bond acceptors (Lipinski definition) is 8. The van der Waals surface area contributed by atoms with Gasteiger partial charge >= 0.3 is 11.9 Å². The monoisotopic (exact) mass is 456 g/mol. The zero-order valence-electron chi connectivity index (χ0n) is 18.1. The lowest BCUT2D eigenvalue weighted by Gasteiger charge is -2.07. The molecule has 0 aliphatic carbocycles. The first-order valence-corrected chi connectivity index (χ1v) is 11.2. The average molecular weight is 457 g/mol. The van der Waals surface area contributed by atoms with Gasteiger partial charge in [0.1, 0.15) is 16.9 Å². The topological polar surface area (TPSA) is 108 Å². The molecule has 1 N–H and O–H groups in total. The number of anilines is 1. The summed E-state index contributed by atoms with van der Waals surface area (Å²) in [6.07, 6.45) is 0.149. The Kier molecular flexibility index (Phi) is 7.88. The summed E-state index contributed by atoms with van der Waals surface area (Å²) in [5.74, 6) is -1.34. The Balaban J connectivity index is 1.68. The van der Waals surface area contributed by atoms with Crippen LogP contribution in [0.15, 0.2) is 45.8 Å². The van der Waals surface area contributed by atoms with Crippen LogP contribution in [0.2, 0.25) is 0 Å². The number of benzene rings is 1. The Labute approximate surface area is 189 Å². The Morgan fingerprint density at radius 2 is 1.69 bits per heavy atom. The van der Waals surface area contributed by atoms with E-state index in [4.69, 9.17) is 13.9 Å². The number of furan rings is 1. The number of aromatic nitrogens is 1. The first-order valence-electron chi connectivity index (χ1n) is 10.2. The first kappa shape index (κ1) is 23.3. The van der Waals surface area contributed by atoms with E-state index < -0.39 is 11.9 Å². The number of ether oxygens (including phenoxy) is 2. The van der Waals surface area contributed by atoms with Crippen molar-refractivity contribution in [3.63, 3.8) is 0 Å². The van der Waals surface area contributed by atoms with E-state index in [1.54, 1.807) is 13.8 Å². The van der Waals surface area contributed by atoms with Gasteiger partial charge in [-0.25, -0.2) is 14.6 Å². The zero-order chi connectivity index (χ0) is 23.1. The Morgan fingerprint density at radius 1 is 1.00 bits per heavy atom. The number of nitrogens with zero attached hydrogens (tertiary/aromatic N) is 1. The van der Waals surface area contributed by atoms with Crippen LogP contribution in [0.1, 0.15) is 46.7 Å². The highest BCUT2D eigenvalue weighted by atomic mass is 32.2. The molecule has 0 atom stereocenters. The largest absolute Gasteiger partial charge is 0.462 e. The molecule has 2 heterocycles. The molecule has 1 aromatic carbocycles. The van der Waals surface area contributed by atoms with Crippen LogP contribution in [0.5, 0.6) is 0 Å². The van der Waals surface area contributed by atoms with Crippen molar-refractivity contribution in [1.82, 2.24) is 4.98 Å². The molecular weight excluding hydrogens is 432 g/mol. The second-order valence-electron chi connectivity index (χ2n) is 6.67. The van der Waals surface area contributed by atoms with Gasteiger partial charge in [-0.05, 0) is 32.9 Å². The molecular formula is C23H24N2O6S. The molecule has 3 rings (SSSR count). The highest BCUT2D eigenvalue weighted by Gasteiger charge is 2.31. The van der Waals surface area contributed by atoms with Crippen LogP contribution < -0.4 is 5.32 Å². The van der Waals surface area contributed by atoms with Gasteiger partial charge in [-0.3, -0.25) is 10.1 Å².